The number of rotatable bonds is 8. The smallest absolute Gasteiger partial charge is 0.337 e. The number of morpholine rings is 2. The maximum Gasteiger partial charge on any atom is 0.337 e. The van der Waals surface area contributed by atoms with E-state index in [4.69, 9.17) is 9.47 Å². The summed E-state index contributed by atoms with van der Waals surface area (Å²) in [4.78, 5) is 31.6. The molecule has 1 aromatic heterocycles. The second-order valence-electron chi connectivity index (χ2n) is 11.9. The quantitative estimate of drug-likeness (QED) is 0.538. The molecule has 2 aliphatic heterocycles. The number of ketones is 1. The van der Waals surface area contributed by atoms with Gasteiger partial charge in [-0.05, 0) is 23.8 Å². The van der Waals surface area contributed by atoms with Crippen LogP contribution in [0.1, 0.15) is 67.1 Å². The molecule has 1 atom stereocenters. The Morgan fingerprint density at radius 1 is 0.973 bits per heavy atom. The van der Waals surface area contributed by atoms with Crippen molar-refractivity contribution in [2.75, 3.05) is 59.2 Å². The van der Waals surface area contributed by atoms with Crippen molar-refractivity contribution in [3.63, 3.8) is 0 Å². The van der Waals surface area contributed by atoms with E-state index in [1.807, 2.05) is 6.07 Å². The van der Waals surface area contributed by atoms with Crippen LogP contribution >= 0.6 is 0 Å². The lowest BCUT2D eigenvalue weighted by molar-refractivity contribution is 0.0178. The highest BCUT2D eigenvalue weighted by atomic mass is 16.5. The van der Waals surface area contributed by atoms with Gasteiger partial charge in [0.1, 0.15) is 0 Å². The topological polar surface area (TPSA) is 84.2 Å². The number of carbonyl (C=O) groups excluding carboxylic acids is 1. The first-order valence-corrected chi connectivity index (χ1v) is 13.6. The Balaban J connectivity index is 1.69. The number of hydrogen-bond acceptors (Lipinski definition) is 6. The molecule has 3 aliphatic rings. The number of aromatic carboxylic acids is 1. The van der Waals surface area contributed by atoms with Crippen LogP contribution in [0.15, 0.2) is 18.2 Å². The summed E-state index contributed by atoms with van der Waals surface area (Å²) in [6.45, 7) is 18.2. The van der Waals surface area contributed by atoms with E-state index in [1.54, 1.807) is 12.1 Å². The summed E-state index contributed by atoms with van der Waals surface area (Å²) in [7, 11) is 0. The van der Waals surface area contributed by atoms with Gasteiger partial charge in [-0.25, -0.2) is 4.79 Å². The van der Waals surface area contributed by atoms with Gasteiger partial charge in [0.25, 0.3) is 0 Å². The predicted octanol–water partition coefficient (Wildman–Crippen LogP) is 3.93. The summed E-state index contributed by atoms with van der Waals surface area (Å²) in [6.07, 6.45) is 0. The van der Waals surface area contributed by atoms with Crippen LogP contribution in [0, 0.1) is 16.7 Å². The molecule has 0 amide bonds. The fraction of sp³-hybridized carbons (Fsp3) is 0.655. The number of hydrogen-bond donors (Lipinski definition) is 1. The van der Waals surface area contributed by atoms with E-state index in [2.05, 4.69) is 49.0 Å². The number of carboxylic acids is 1. The summed E-state index contributed by atoms with van der Waals surface area (Å²) in [5.74, 6) is -0.933. The fourth-order valence-electron chi connectivity index (χ4n) is 6.73. The Kier molecular flexibility index (Phi) is 6.98. The number of Topliss-reactive ketones (excluding diaryl/α,β-unsaturated/α-hetero) is 1. The molecular weight excluding hydrogens is 470 g/mol. The SMILES string of the molecule is CC(c1c(C(=O)C2C(C)(C)C2(C)C)c2cccc(C(=O)O)c2n1CCN1CCOCC1)N1CCOCC1. The maximum absolute atomic E-state index is 14.4. The van der Waals surface area contributed by atoms with E-state index < -0.39 is 5.97 Å². The third-order valence-electron chi connectivity index (χ3n) is 9.61. The van der Waals surface area contributed by atoms with Crippen LogP contribution in [-0.2, 0) is 16.0 Å². The average molecular weight is 512 g/mol. The summed E-state index contributed by atoms with van der Waals surface area (Å²) in [5.41, 5.74) is 2.35. The molecule has 3 fully saturated rings. The summed E-state index contributed by atoms with van der Waals surface area (Å²) >= 11 is 0. The molecule has 2 saturated heterocycles. The van der Waals surface area contributed by atoms with Crippen LogP contribution < -0.4 is 0 Å². The molecule has 1 N–H and O–H groups in total. The van der Waals surface area contributed by atoms with E-state index in [9.17, 15) is 14.7 Å². The highest BCUT2D eigenvalue weighted by Crippen LogP contribution is 2.69. The molecule has 3 heterocycles. The van der Waals surface area contributed by atoms with Crippen molar-refractivity contribution >= 4 is 22.7 Å². The van der Waals surface area contributed by atoms with Crippen molar-refractivity contribution in [3.05, 3.63) is 35.0 Å². The van der Waals surface area contributed by atoms with Gasteiger partial charge in [-0.15, -0.1) is 0 Å². The van der Waals surface area contributed by atoms with Crippen molar-refractivity contribution in [2.24, 2.45) is 16.7 Å². The average Bonchev–Trinajstić information content (AvgIpc) is 3.13. The van der Waals surface area contributed by atoms with Gasteiger partial charge in [0, 0.05) is 67.9 Å². The normalized spacial score (nSPS) is 23.3. The molecule has 8 heteroatoms. The highest BCUT2D eigenvalue weighted by Gasteiger charge is 2.68. The second-order valence-corrected chi connectivity index (χ2v) is 11.9. The van der Waals surface area contributed by atoms with Crippen LogP contribution in [0.2, 0.25) is 0 Å². The van der Waals surface area contributed by atoms with Gasteiger partial charge in [-0.2, -0.15) is 0 Å². The minimum Gasteiger partial charge on any atom is -0.478 e. The van der Waals surface area contributed by atoms with Crippen molar-refractivity contribution in [3.8, 4) is 0 Å². The number of ether oxygens (including phenoxy) is 2. The predicted molar refractivity (Wildman–Crippen MR) is 142 cm³/mol. The Hall–Kier alpha value is -2.26. The first kappa shape index (κ1) is 26.4. The van der Waals surface area contributed by atoms with Crippen LogP contribution in [0.3, 0.4) is 0 Å². The van der Waals surface area contributed by atoms with Crippen LogP contribution in [0.4, 0.5) is 0 Å². The van der Waals surface area contributed by atoms with Crippen molar-refractivity contribution in [1.29, 1.82) is 0 Å². The monoisotopic (exact) mass is 511 g/mol. The summed E-state index contributed by atoms with van der Waals surface area (Å²) in [6, 6.07) is 5.34. The molecule has 37 heavy (non-hydrogen) atoms. The van der Waals surface area contributed by atoms with Gasteiger partial charge >= 0.3 is 5.97 Å². The highest BCUT2D eigenvalue weighted by molar-refractivity contribution is 6.15. The third kappa shape index (κ3) is 4.42. The Morgan fingerprint density at radius 2 is 1.57 bits per heavy atom. The lowest BCUT2D eigenvalue weighted by Gasteiger charge is -2.34. The van der Waals surface area contributed by atoms with Gasteiger partial charge < -0.3 is 19.1 Å². The lowest BCUT2D eigenvalue weighted by atomic mass is 9.95. The zero-order valence-corrected chi connectivity index (χ0v) is 22.9. The summed E-state index contributed by atoms with van der Waals surface area (Å²) in [5, 5.41) is 11.0. The molecule has 1 saturated carbocycles. The molecular formula is C29H41N3O5. The number of carbonyl (C=O) groups is 2. The molecule has 8 nitrogen and oxygen atoms in total. The molecule has 5 rings (SSSR count). The lowest BCUT2D eigenvalue weighted by Crippen LogP contribution is -2.40. The Labute approximate surface area is 219 Å². The van der Waals surface area contributed by atoms with E-state index in [0.717, 1.165) is 43.8 Å². The van der Waals surface area contributed by atoms with Crippen LogP contribution in [0.5, 0.6) is 0 Å². The molecule has 0 bridgehead atoms. The van der Waals surface area contributed by atoms with E-state index in [0.29, 0.717) is 44.1 Å². The first-order chi connectivity index (χ1) is 17.6. The number of carboxylic acid groups (broad SMARTS) is 1. The van der Waals surface area contributed by atoms with Gasteiger partial charge in [-0.1, -0.05) is 39.8 Å². The zero-order valence-electron chi connectivity index (χ0n) is 22.9. The van der Waals surface area contributed by atoms with Gasteiger partial charge in [0.2, 0.25) is 0 Å². The minimum atomic E-state index is -0.965. The van der Waals surface area contributed by atoms with Gasteiger partial charge in [0.05, 0.1) is 37.5 Å². The van der Waals surface area contributed by atoms with Gasteiger partial charge in [0.15, 0.2) is 5.78 Å². The van der Waals surface area contributed by atoms with E-state index in [-0.39, 0.29) is 34.1 Å². The maximum atomic E-state index is 14.4. The number of fused-ring (bicyclic) bond motifs is 1. The number of para-hydroxylation sites is 1. The summed E-state index contributed by atoms with van der Waals surface area (Å²) < 4.78 is 13.3. The largest absolute Gasteiger partial charge is 0.478 e. The molecule has 2 aromatic rings. The standard InChI is InChI=1S/C29H41N3O5/c1-19(31-13-17-37-18-14-31)23-22(25(33)26-28(2,3)29(26,4)5)20-7-6-8-21(27(34)35)24(20)32(23)10-9-30-11-15-36-16-12-30/h6-8,19,26H,9-18H2,1-5H3,(H,34,35). The minimum absolute atomic E-state index is 0.0495. The molecule has 0 spiro atoms. The van der Waals surface area contributed by atoms with Crippen LogP contribution in [0.25, 0.3) is 10.9 Å². The Morgan fingerprint density at radius 3 is 2.14 bits per heavy atom. The second kappa shape index (κ2) is 9.80. The first-order valence-electron chi connectivity index (χ1n) is 13.6. The van der Waals surface area contributed by atoms with Crippen molar-refractivity contribution in [1.82, 2.24) is 14.4 Å². The third-order valence-corrected chi connectivity index (χ3v) is 9.61. The Bertz CT molecular complexity index is 1170. The zero-order chi connectivity index (χ0) is 26.5. The number of benzene rings is 1. The van der Waals surface area contributed by atoms with Gasteiger partial charge in [-0.3, -0.25) is 14.6 Å². The fourth-order valence-corrected chi connectivity index (χ4v) is 6.73. The molecule has 1 aliphatic carbocycles. The molecule has 202 valence electrons. The molecule has 1 unspecified atom stereocenters. The van der Waals surface area contributed by atoms with Crippen LogP contribution in [-0.4, -0.2) is 90.4 Å². The number of nitrogens with zero attached hydrogens (tertiary/aromatic N) is 3. The molecule has 0 radical (unpaired) electrons. The van der Waals surface area contributed by atoms with Crippen molar-refractivity contribution < 1.29 is 24.2 Å². The van der Waals surface area contributed by atoms with Crippen molar-refractivity contribution in [2.45, 2.75) is 47.2 Å². The molecule has 1 aromatic carbocycles. The van der Waals surface area contributed by atoms with E-state index in [1.165, 1.54) is 0 Å². The number of aromatic nitrogens is 1. The van der Waals surface area contributed by atoms with E-state index >= 15 is 0 Å².